The molecule has 0 fully saturated rings. The second-order valence-electron chi connectivity index (χ2n) is 17.1. The van der Waals surface area contributed by atoms with Gasteiger partial charge < -0.3 is 18.3 Å². The molecule has 0 amide bonds. The fraction of sp³-hybridized carbons (Fsp3) is 0.109. The Morgan fingerprint density at radius 3 is 1.50 bits per heavy atom. The average Bonchev–Trinajstić information content (AvgIpc) is 4.08. The molecule has 0 saturated heterocycles. The topological polar surface area (TPSA) is 19.7 Å². The van der Waals surface area contributed by atoms with Crippen LogP contribution in [0.2, 0.25) is 0 Å². The minimum atomic E-state index is 0.888. The number of allylic oxidation sites excluding steroid dienone is 2. The molecule has 1 aliphatic carbocycles. The summed E-state index contributed by atoms with van der Waals surface area (Å²) in [7, 11) is 0. The first-order chi connectivity index (χ1) is 33.7. The molecule has 12 aromatic rings. The normalized spacial score (nSPS) is 11.9. The van der Waals surface area contributed by atoms with Crippen molar-refractivity contribution in [3.63, 3.8) is 0 Å². The molecule has 4 aromatic heterocycles. The Kier molecular flexibility index (Phi) is 11.1. The third-order valence-electron chi connectivity index (χ3n) is 13.4. The molecule has 68 heavy (non-hydrogen) atoms. The molecule has 0 unspecified atom stereocenters. The van der Waals surface area contributed by atoms with Crippen LogP contribution in [0.25, 0.3) is 111 Å². The quantitative estimate of drug-likeness (QED) is 0.148. The summed E-state index contributed by atoms with van der Waals surface area (Å²) >= 11 is 0. The molecular weight excluding hydrogens is 825 g/mol. The van der Waals surface area contributed by atoms with Crippen LogP contribution in [0, 0.1) is 0 Å². The van der Waals surface area contributed by atoms with Gasteiger partial charge in [-0.25, -0.2) is 0 Å². The van der Waals surface area contributed by atoms with Gasteiger partial charge in [0.1, 0.15) is 0 Å². The van der Waals surface area contributed by atoms with Gasteiger partial charge in [-0.15, -0.1) is 5.73 Å². The Balaban J connectivity index is 0.000000683. The van der Waals surface area contributed by atoms with Crippen molar-refractivity contribution in [1.82, 2.24) is 18.3 Å². The van der Waals surface area contributed by atoms with Crippen molar-refractivity contribution in [2.75, 3.05) is 0 Å². The smallest absolute Gasteiger partial charge is 0.0788 e. The van der Waals surface area contributed by atoms with Gasteiger partial charge in [0, 0.05) is 78.3 Å². The molecule has 0 saturated carbocycles. The van der Waals surface area contributed by atoms with Gasteiger partial charge in [0.25, 0.3) is 0 Å². The van der Waals surface area contributed by atoms with Gasteiger partial charge in [-0.05, 0) is 98.1 Å². The van der Waals surface area contributed by atoms with Crippen molar-refractivity contribution in [2.24, 2.45) is 0 Å². The molecule has 0 spiro atoms. The van der Waals surface area contributed by atoms with Gasteiger partial charge in [0.05, 0.1) is 38.6 Å². The standard InChI is InChI=1S/C57H38N4.C5H10.C2H6/c1-2-58-50-26-10-6-22-42(50)46-32-33-54-49(36-55(46)58)45-25-9-11-27-51(45)59(54)40-20-14-16-37(34-40)38-17-15-21-41(35-38)61-53-29-13-8-24-44(53)48-31-30-47-43-23-7-12-28-52(43)60(56(47)57(48)61)39-18-4-3-5-19-39;1-3-5-4-2;1-2/h3-31,33-36H,2H2,1H3;3,5H,4H2,1-2H3;1-2H3/b;5-3-;. The number of nitrogens with zero attached hydrogens (tertiary/aromatic N) is 4. The molecule has 8 aromatic carbocycles. The average molecular weight is 879 g/mol. The highest BCUT2D eigenvalue weighted by molar-refractivity contribution is 6.23. The van der Waals surface area contributed by atoms with E-state index in [4.69, 9.17) is 0 Å². The molecule has 0 bridgehead atoms. The van der Waals surface area contributed by atoms with Gasteiger partial charge >= 0.3 is 0 Å². The molecule has 4 heterocycles. The van der Waals surface area contributed by atoms with E-state index in [0.717, 1.165) is 52.1 Å². The van der Waals surface area contributed by atoms with Crippen LogP contribution in [0.3, 0.4) is 0 Å². The molecule has 1 aliphatic rings. The van der Waals surface area contributed by atoms with Crippen molar-refractivity contribution in [1.29, 1.82) is 0 Å². The van der Waals surface area contributed by atoms with Crippen LogP contribution < -0.4 is 10.6 Å². The summed E-state index contributed by atoms with van der Waals surface area (Å²) in [5.41, 5.74) is 19.1. The Bertz CT molecular complexity index is 4070. The van der Waals surface area contributed by atoms with Crippen molar-refractivity contribution in [3.05, 3.63) is 222 Å². The third kappa shape index (κ3) is 6.76. The van der Waals surface area contributed by atoms with E-state index in [2.05, 4.69) is 250 Å². The van der Waals surface area contributed by atoms with Crippen molar-refractivity contribution in [3.8, 4) is 28.2 Å². The minimum absolute atomic E-state index is 0.888. The van der Waals surface area contributed by atoms with Crippen LogP contribution in [0.4, 0.5) is 0 Å². The van der Waals surface area contributed by atoms with Crippen molar-refractivity contribution in [2.45, 2.75) is 47.6 Å². The van der Waals surface area contributed by atoms with E-state index < -0.39 is 0 Å². The lowest BCUT2D eigenvalue weighted by Gasteiger charge is -2.14. The van der Waals surface area contributed by atoms with E-state index in [-0.39, 0.29) is 0 Å². The summed E-state index contributed by atoms with van der Waals surface area (Å²) in [6, 6.07) is 68.6. The molecule has 4 nitrogen and oxygen atoms in total. The lowest BCUT2D eigenvalue weighted by Crippen LogP contribution is -2.28. The third-order valence-corrected chi connectivity index (χ3v) is 13.4. The lowest BCUT2D eigenvalue weighted by molar-refractivity contribution is 0.771. The van der Waals surface area contributed by atoms with Gasteiger partial charge in [0.2, 0.25) is 0 Å². The maximum Gasteiger partial charge on any atom is 0.0788 e. The van der Waals surface area contributed by atoms with Crippen LogP contribution in [-0.4, -0.2) is 18.3 Å². The number of para-hydroxylation sites is 5. The number of aromatic nitrogens is 4. The van der Waals surface area contributed by atoms with E-state index in [1.54, 1.807) is 0 Å². The summed E-state index contributed by atoms with van der Waals surface area (Å²) in [4.78, 5) is 0. The molecular formula is C64H54N4. The van der Waals surface area contributed by atoms with Gasteiger partial charge in [0.15, 0.2) is 0 Å². The minimum Gasteiger partial charge on any atom is -0.340 e. The van der Waals surface area contributed by atoms with E-state index >= 15 is 0 Å². The summed E-state index contributed by atoms with van der Waals surface area (Å²) < 4.78 is 9.77. The summed E-state index contributed by atoms with van der Waals surface area (Å²) in [5.74, 6) is 0. The maximum absolute atomic E-state index is 3.78. The number of benzene rings is 8. The van der Waals surface area contributed by atoms with E-state index in [0.29, 0.717) is 0 Å². The first kappa shape index (κ1) is 42.3. The number of aryl methyl sites for hydroxylation is 1. The summed E-state index contributed by atoms with van der Waals surface area (Å²) in [5, 5.41) is 9.80. The molecule has 0 N–H and O–H groups in total. The van der Waals surface area contributed by atoms with Crippen molar-refractivity contribution >= 4 is 83.3 Å². The number of rotatable bonds is 6. The highest BCUT2D eigenvalue weighted by Crippen LogP contribution is 2.42. The first-order valence-electron chi connectivity index (χ1n) is 24.2. The fourth-order valence-corrected chi connectivity index (χ4v) is 10.6. The van der Waals surface area contributed by atoms with Crippen LogP contribution >= 0.6 is 0 Å². The molecule has 13 rings (SSSR count). The molecule has 330 valence electrons. The Hall–Kier alpha value is -8.30. The van der Waals surface area contributed by atoms with Crippen LogP contribution in [0.1, 0.15) is 52.3 Å². The predicted molar refractivity (Wildman–Crippen MR) is 292 cm³/mol. The van der Waals surface area contributed by atoms with Crippen LogP contribution in [0.5, 0.6) is 0 Å². The fourth-order valence-electron chi connectivity index (χ4n) is 10.6. The number of fused-ring (bicyclic) bond motifs is 13. The molecule has 0 radical (unpaired) electrons. The van der Waals surface area contributed by atoms with Gasteiger partial charge in [-0.3, -0.25) is 0 Å². The van der Waals surface area contributed by atoms with Crippen molar-refractivity contribution < 1.29 is 0 Å². The Morgan fingerprint density at radius 2 is 0.941 bits per heavy atom. The zero-order valence-corrected chi connectivity index (χ0v) is 39.4. The summed E-state index contributed by atoms with van der Waals surface area (Å²) in [6.45, 7) is 11.3. The first-order valence-corrected chi connectivity index (χ1v) is 24.2. The molecule has 0 atom stereocenters. The zero-order valence-electron chi connectivity index (χ0n) is 39.4. The van der Waals surface area contributed by atoms with E-state index in [1.807, 2.05) is 20.8 Å². The predicted octanol–water partition coefficient (Wildman–Crippen LogP) is 15.7. The Labute approximate surface area is 397 Å². The highest BCUT2D eigenvalue weighted by atomic mass is 15.0. The largest absolute Gasteiger partial charge is 0.340 e. The van der Waals surface area contributed by atoms with Crippen LogP contribution in [0.15, 0.2) is 200 Å². The molecule has 4 heteroatoms. The number of hydrogen-bond donors (Lipinski definition) is 0. The van der Waals surface area contributed by atoms with E-state index in [9.17, 15) is 0 Å². The lowest BCUT2D eigenvalue weighted by atomic mass is 10.0. The van der Waals surface area contributed by atoms with Gasteiger partial charge in [-0.2, -0.15) is 0 Å². The van der Waals surface area contributed by atoms with Crippen LogP contribution in [-0.2, 0) is 6.54 Å². The second kappa shape index (κ2) is 17.8. The Morgan fingerprint density at radius 1 is 0.456 bits per heavy atom. The molecule has 0 aliphatic heterocycles. The summed E-state index contributed by atoms with van der Waals surface area (Å²) in [6.07, 6.45) is 9.93. The van der Waals surface area contributed by atoms with Gasteiger partial charge in [-0.1, -0.05) is 160 Å². The zero-order chi connectivity index (χ0) is 46.3. The van der Waals surface area contributed by atoms with E-state index in [1.165, 1.54) is 76.3 Å². The monoisotopic (exact) mass is 878 g/mol. The highest BCUT2D eigenvalue weighted by Gasteiger charge is 2.22. The maximum atomic E-state index is 3.78. The SMILES string of the molecule is C/C=C\CC.CC.CCn1c2c(c3ccccc31)=C=Cc1c(c3ccccc3n1-c1cccc(-c3cccc(-n4c5ccccc5c5ccc6c7ccccc7n(-c7ccccc7)c6c54)c3)c1)C=2. The number of hydrogen-bond acceptors (Lipinski definition) is 0. The second-order valence-corrected chi connectivity index (χ2v) is 17.1.